The first-order valence-corrected chi connectivity index (χ1v) is 9.68. The third-order valence-corrected chi connectivity index (χ3v) is 5.37. The standard InChI is InChI=1S/C25H23NO2/c1-4-13-26-23-11-9-18(17(3)27)14-21(23)22-15-19(10-12-24(22)26)25(28)20-8-6-5-7-16(20)2/h5-12,14-15H,4,13H2,1-3H3. The Hall–Kier alpha value is -3.20. The Kier molecular flexibility index (Phi) is 4.60. The topological polar surface area (TPSA) is 39.1 Å². The Morgan fingerprint density at radius 1 is 0.857 bits per heavy atom. The van der Waals surface area contributed by atoms with Gasteiger partial charge >= 0.3 is 0 Å². The minimum absolute atomic E-state index is 0.0270. The van der Waals surface area contributed by atoms with Crippen LogP contribution in [0.3, 0.4) is 0 Å². The molecule has 4 aromatic rings. The van der Waals surface area contributed by atoms with Gasteiger partial charge in [0.05, 0.1) is 0 Å². The quantitative estimate of drug-likeness (QED) is 0.408. The fraction of sp³-hybridized carbons (Fsp3) is 0.200. The van der Waals surface area contributed by atoms with Crippen LogP contribution < -0.4 is 0 Å². The van der Waals surface area contributed by atoms with Crippen LogP contribution in [0.25, 0.3) is 21.8 Å². The van der Waals surface area contributed by atoms with Gasteiger partial charge in [-0.05, 0) is 62.2 Å². The maximum Gasteiger partial charge on any atom is 0.193 e. The summed E-state index contributed by atoms with van der Waals surface area (Å²) < 4.78 is 2.27. The van der Waals surface area contributed by atoms with Gasteiger partial charge in [0.2, 0.25) is 0 Å². The first kappa shape index (κ1) is 18.2. The van der Waals surface area contributed by atoms with Crippen molar-refractivity contribution in [3.05, 3.63) is 82.9 Å². The predicted molar refractivity (Wildman–Crippen MR) is 114 cm³/mol. The highest BCUT2D eigenvalue weighted by Crippen LogP contribution is 2.32. The van der Waals surface area contributed by atoms with Crippen LogP contribution in [0.1, 0.15) is 52.1 Å². The van der Waals surface area contributed by atoms with Crippen molar-refractivity contribution in [1.82, 2.24) is 4.57 Å². The van der Waals surface area contributed by atoms with Crippen LogP contribution in [0.5, 0.6) is 0 Å². The zero-order chi connectivity index (χ0) is 19.8. The summed E-state index contributed by atoms with van der Waals surface area (Å²) in [6.45, 7) is 6.58. The maximum absolute atomic E-state index is 13.1. The lowest BCUT2D eigenvalue weighted by atomic mass is 9.97. The third kappa shape index (κ3) is 2.93. The van der Waals surface area contributed by atoms with Gasteiger partial charge in [-0.2, -0.15) is 0 Å². The molecule has 0 N–H and O–H groups in total. The van der Waals surface area contributed by atoms with E-state index in [4.69, 9.17) is 0 Å². The molecule has 0 spiro atoms. The van der Waals surface area contributed by atoms with Crippen molar-refractivity contribution < 1.29 is 9.59 Å². The number of nitrogens with zero attached hydrogens (tertiary/aromatic N) is 1. The van der Waals surface area contributed by atoms with E-state index in [0.717, 1.165) is 45.9 Å². The predicted octanol–water partition coefficient (Wildman–Crippen LogP) is 5.95. The Morgan fingerprint density at radius 3 is 2.07 bits per heavy atom. The van der Waals surface area contributed by atoms with Gasteiger partial charge in [-0.1, -0.05) is 31.2 Å². The second kappa shape index (κ2) is 7.08. The number of hydrogen-bond donors (Lipinski definition) is 0. The first-order valence-electron chi connectivity index (χ1n) is 9.68. The molecule has 0 saturated carbocycles. The Labute approximate surface area is 164 Å². The molecule has 4 rings (SSSR count). The van der Waals surface area contributed by atoms with E-state index in [2.05, 4.69) is 11.5 Å². The van der Waals surface area contributed by atoms with Gasteiger partial charge in [-0.15, -0.1) is 0 Å². The van der Waals surface area contributed by atoms with Crippen LogP contribution in [-0.4, -0.2) is 16.1 Å². The van der Waals surface area contributed by atoms with Gasteiger partial charge in [0.1, 0.15) is 0 Å². The molecule has 3 aromatic carbocycles. The Bertz CT molecular complexity index is 1230. The number of carbonyl (C=O) groups is 2. The zero-order valence-corrected chi connectivity index (χ0v) is 16.5. The summed E-state index contributed by atoms with van der Waals surface area (Å²) in [6, 6.07) is 19.4. The monoisotopic (exact) mass is 369 g/mol. The van der Waals surface area contributed by atoms with Crippen molar-refractivity contribution in [3.63, 3.8) is 0 Å². The summed E-state index contributed by atoms with van der Waals surface area (Å²) in [5.41, 5.74) is 5.26. The molecule has 0 radical (unpaired) electrons. The van der Waals surface area contributed by atoms with Crippen molar-refractivity contribution in [2.75, 3.05) is 0 Å². The molecule has 0 amide bonds. The van der Waals surface area contributed by atoms with Crippen LogP contribution in [0.2, 0.25) is 0 Å². The highest BCUT2D eigenvalue weighted by Gasteiger charge is 2.16. The summed E-state index contributed by atoms with van der Waals surface area (Å²) in [6.07, 6.45) is 1.01. The van der Waals surface area contributed by atoms with Crippen molar-refractivity contribution in [2.45, 2.75) is 33.7 Å². The molecular formula is C25H23NO2. The van der Waals surface area contributed by atoms with Gasteiger partial charge in [-0.25, -0.2) is 0 Å². The van der Waals surface area contributed by atoms with Crippen molar-refractivity contribution in [1.29, 1.82) is 0 Å². The Balaban J connectivity index is 1.96. The number of carbonyl (C=O) groups excluding carboxylic acids is 2. The molecule has 0 bridgehead atoms. The first-order chi connectivity index (χ1) is 13.5. The van der Waals surface area contributed by atoms with E-state index in [1.54, 1.807) is 6.92 Å². The van der Waals surface area contributed by atoms with Crippen LogP contribution in [0, 0.1) is 6.92 Å². The molecule has 0 saturated heterocycles. The summed E-state index contributed by atoms with van der Waals surface area (Å²) in [5, 5.41) is 2.04. The number of aromatic nitrogens is 1. The van der Waals surface area contributed by atoms with E-state index in [-0.39, 0.29) is 11.6 Å². The molecule has 1 aromatic heterocycles. The number of hydrogen-bond acceptors (Lipinski definition) is 2. The summed E-state index contributed by atoms with van der Waals surface area (Å²) in [4.78, 5) is 25.0. The van der Waals surface area contributed by atoms with E-state index >= 15 is 0 Å². The lowest BCUT2D eigenvalue weighted by Gasteiger charge is -2.07. The number of fused-ring (bicyclic) bond motifs is 3. The lowest BCUT2D eigenvalue weighted by Crippen LogP contribution is -2.03. The van der Waals surface area contributed by atoms with Crippen LogP contribution >= 0.6 is 0 Å². The molecule has 0 fully saturated rings. The molecule has 28 heavy (non-hydrogen) atoms. The van der Waals surface area contributed by atoms with Gasteiger partial charge in [-0.3, -0.25) is 9.59 Å². The summed E-state index contributed by atoms with van der Waals surface area (Å²) >= 11 is 0. The largest absolute Gasteiger partial charge is 0.340 e. The van der Waals surface area contributed by atoms with E-state index in [1.807, 2.05) is 67.6 Å². The minimum atomic E-state index is 0.0270. The van der Waals surface area contributed by atoms with E-state index in [0.29, 0.717) is 11.1 Å². The number of aryl methyl sites for hydroxylation is 2. The zero-order valence-electron chi connectivity index (χ0n) is 16.5. The molecule has 0 aliphatic heterocycles. The molecule has 140 valence electrons. The van der Waals surface area contributed by atoms with Gasteiger partial charge in [0.25, 0.3) is 0 Å². The third-order valence-electron chi connectivity index (χ3n) is 5.37. The highest BCUT2D eigenvalue weighted by atomic mass is 16.1. The highest BCUT2D eigenvalue weighted by molar-refractivity contribution is 6.16. The van der Waals surface area contributed by atoms with Crippen molar-refractivity contribution in [3.8, 4) is 0 Å². The normalized spacial score (nSPS) is 11.2. The smallest absolute Gasteiger partial charge is 0.193 e. The summed E-state index contributed by atoms with van der Waals surface area (Å²) in [7, 11) is 0. The fourth-order valence-electron chi connectivity index (χ4n) is 3.91. The fourth-order valence-corrected chi connectivity index (χ4v) is 3.91. The number of ketones is 2. The average Bonchev–Trinajstić information content (AvgIpc) is 3.01. The SMILES string of the molecule is CCCn1c2ccc(C(C)=O)cc2c2cc(C(=O)c3ccccc3C)ccc21. The molecule has 0 atom stereocenters. The van der Waals surface area contributed by atoms with Crippen molar-refractivity contribution >= 4 is 33.4 Å². The van der Waals surface area contributed by atoms with E-state index in [1.165, 1.54) is 0 Å². The maximum atomic E-state index is 13.1. The molecule has 0 aliphatic rings. The van der Waals surface area contributed by atoms with Gasteiger partial charge in [0, 0.05) is 45.0 Å². The summed E-state index contributed by atoms with van der Waals surface area (Å²) in [5.74, 6) is 0.0737. The van der Waals surface area contributed by atoms with E-state index in [9.17, 15) is 9.59 Å². The van der Waals surface area contributed by atoms with Crippen molar-refractivity contribution in [2.24, 2.45) is 0 Å². The molecule has 1 heterocycles. The molecule has 3 heteroatoms. The minimum Gasteiger partial charge on any atom is -0.340 e. The molecule has 0 unspecified atom stereocenters. The average molecular weight is 369 g/mol. The second-order valence-corrected chi connectivity index (χ2v) is 7.32. The number of benzene rings is 3. The molecular weight excluding hydrogens is 346 g/mol. The lowest BCUT2D eigenvalue weighted by molar-refractivity contribution is 0.101. The second-order valence-electron chi connectivity index (χ2n) is 7.32. The van der Waals surface area contributed by atoms with Crippen LogP contribution in [-0.2, 0) is 6.54 Å². The number of rotatable bonds is 5. The van der Waals surface area contributed by atoms with Gasteiger partial charge in [0.15, 0.2) is 11.6 Å². The van der Waals surface area contributed by atoms with Crippen LogP contribution in [0.4, 0.5) is 0 Å². The Morgan fingerprint density at radius 2 is 1.46 bits per heavy atom. The van der Waals surface area contributed by atoms with Crippen LogP contribution in [0.15, 0.2) is 60.7 Å². The molecule has 0 aliphatic carbocycles. The molecule has 3 nitrogen and oxygen atoms in total. The van der Waals surface area contributed by atoms with E-state index < -0.39 is 0 Å². The van der Waals surface area contributed by atoms with Gasteiger partial charge < -0.3 is 4.57 Å². The number of Topliss-reactive ketones (excluding diaryl/α,β-unsaturated/α-hetero) is 1.